The second-order valence-corrected chi connectivity index (χ2v) is 6.24. The highest BCUT2D eigenvalue weighted by Gasteiger charge is 2.03. The number of urea groups is 1. The van der Waals surface area contributed by atoms with Crippen molar-refractivity contribution in [2.24, 2.45) is 0 Å². The molecule has 0 atom stereocenters. The van der Waals surface area contributed by atoms with Crippen LogP contribution in [-0.2, 0) is 0 Å². The van der Waals surface area contributed by atoms with Crippen molar-refractivity contribution >= 4 is 11.7 Å². The summed E-state index contributed by atoms with van der Waals surface area (Å²) in [7, 11) is 0. The molecule has 0 radical (unpaired) electrons. The van der Waals surface area contributed by atoms with E-state index in [-0.39, 0.29) is 12.1 Å². The van der Waals surface area contributed by atoms with Gasteiger partial charge in [-0.1, -0.05) is 6.07 Å². The summed E-state index contributed by atoms with van der Waals surface area (Å²) in [4.78, 5) is 11.9. The molecular formula is C20H26N2O3. The number of hydrogen-bond donors (Lipinski definition) is 2. The zero-order chi connectivity index (χ0) is 18.2. The van der Waals surface area contributed by atoms with Gasteiger partial charge in [-0.15, -0.1) is 0 Å². The highest BCUT2D eigenvalue weighted by molar-refractivity contribution is 5.89. The molecule has 134 valence electrons. The highest BCUT2D eigenvalue weighted by Crippen LogP contribution is 2.17. The van der Waals surface area contributed by atoms with Gasteiger partial charge in [-0.2, -0.15) is 0 Å². The van der Waals surface area contributed by atoms with Crippen LogP contribution in [0, 0.1) is 13.8 Å². The summed E-state index contributed by atoms with van der Waals surface area (Å²) < 4.78 is 11.2. The Morgan fingerprint density at radius 2 is 1.64 bits per heavy atom. The molecule has 2 aromatic rings. The van der Waals surface area contributed by atoms with Crippen LogP contribution >= 0.6 is 0 Å². The van der Waals surface area contributed by atoms with E-state index < -0.39 is 0 Å². The zero-order valence-electron chi connectivity index (χ0n) is 15.3. The van der Waals surface area contributed by atoms with Gasteiger partial charge < -0.3 is 20.1 Å². The van der Waals surface area contributed by atoms with Crippen molar-refractivity contribution in [1.29, 1.82) is 0 Å². The average molecular weight is 342 g/mol. The van der Waals surface area contributed by atoms with Gasteiger partial charge >= 0.3 is 6.03 Å². The minimum Gasteiger partial charge on any atom is -0.492 e. The molecule has 0 heterocycles. The molecular weight excluding hydrogens is 316 g/mol. The van der Waals surface area contributed by atoms with E-state index in [2.05, 4.69) is 16.7 Å². The smallest absolute Gasteiger partial charge is 0.319 e. The summed E-state index contributed by atoms with van der Waals surface area (Å²) in [5.74, 6) is 1.60. The van der Waals surface area contributed by atoms with Crippen LogP contribution in [0.5, 0.6) is 11.5 Å². The number of carbonyl (C=O) groups excluding carboxylic acids is 1. The number of rotatable bonds is 7. The second-order valence-electron chi connectivity index (χ2n) is 6.24. The Morgan fingerprint density at radius 1 is 1.00 bits per heavy atom. The maximum absolute atomic E-state index is 11.9. The van der Waals surface area contributed by atoms with E-state index in [0.29, 0.717) is 18.8 Å². The topological polar surface area (TPSA) is 59.6 Å². The monoisotopic (exact) mass is 342 g/mol. The fourth-order valence-electron chi connectivity index (χ4n) is 2.41. The standard InChI is InChI=1S/C20H26N2O3/c1-14(2)25-18-7-5-17(6-8-18)22-20(23)21-9-10-24-19-12-15(3)11-16(4)13-19/h5-8,11-14H,9-10H2,1-4H3,(H2,21,22,23). The number of anilines is 1. The van der Waals surface area contributed by atoms with E-state index >= 15 is 0 Å². The quantitative estimate of drug-likeness (QED) is 0.738. The lowest BCUT2D eigenvalue weighted by atomic mass is 10.1. The lowest BCUT2D eigenvalue weighted by molar-refractivity contribution is 0.242. The maximum Gasteiger partial charge on any atom is 0.319 e. The number of hydrogen-bond acceptors (Lipinski definition) is 3. The molecule has 0 aliphatic rings. The summed E-state index contributed by atoms with van der Waals surface area (Å²) in [6.07, 6.45) is 0.124. The van der Waals surface area contributed by atoms with E-state index in [1.54, 1.807) is 0 Å². The van der Waals surface area contributed by atoms with Crippen molar-refractivity contribution in [3.8, 4) is 11.5 Å². The molecule has 0 aromatic heterocycles. The summed E-state index contributed by atoms with van der Waals surface area (Å²) >= 11 is 0. The highest BCUT2D eigenvalue weighted by atomic mass is 16.5. The Hall–Kier alpha value is -2.69. The Morgan fingerprint density at radius 3 is 2.24 bits per heavy atom. The molecule has 0 aliphatic heterocycles. The molecule has 5 heteroatoms. The Kier molecular flexibility index (Phi) is 6.69. The lowest BCUT2D eigenvalue weighted by Gasteiger charge is -2.12. The molecule has 5 nitrogen and oxygen atoms in total. The van der Waals surface area contributed by atoms with E-state index in [1.807, 2.05) is 64.1 Å². The molecule has 2 N–H and O–H groups in total. The van der Waals surface area contributed by atoms with Gasteiger partial charge in [0.2, 0.25) is 0 Å². The molecule has 2 aromatic carbocycles. The van der Waals surface area contributed by atoms with Crippen molar-refractivity contribution in [3.63, 3.8) is 0 Å². The van der Waals surface area contributed by atoms with E-state index in [9.17, 15) is 4.79 Å². The molecule has 0 saturated heterocycles. The Bertz CT molecular complexity index is 676. The number of ether oxygens (including phenoxy) is 2. The molecule has 2 rings (SSSR count). The van der Waals surface area contributed by atoms with Gasteiger partial charge in [0.15, 0.2) is 0 Å². The third-order valence-corrected chi connectivity index (χ3v) is 3.34. The van der Waals surface area contributed by atoms with Crippen molar-refractivity contribution in [2.45, 2.75) is 33.8 Å². The molecule has 0 aliphatic carbocycles. The van der Waals surface area contributed by atoms with Crippen LogP contribution < -0.4 is 20.1 Å². The Labute approximate surface area is 149 Å². The third-order valence-electron chi connectivity index (χ3n) is 3.34. The molecule has 25 heavy (non-hydrogen) atoms. The molecule has 0 saturated carbocycles. The van der Waals surface area contributed by atoms with Gasteiger partial charge in [-0.3, -0.25) is 0 Å². The van der Waals surface area contributed by atoms with Crippen molar-refractivity contribution < 1.29 is 14.3 Å². The van der Waals surface area contributed by atoms with Crippen molar-refractivity contribution in [3.05, 3.63) is 53.6 Å². The second kappa shape index (κ2) is 8.97. The van der Waals surface area contributed by atoms with Gasteiger partial charge in [0.1, 0.15) is 18.1 Å². The molecule has 0 unspecified atom stereocenters. The van der Waals surface area contributed by atoms with Crippen molar-refractivity contribution in [2.75, 3.05) is 18.5 Å². The lowest BCUT2D eigenvalue weighted by Crippen LogP contribution is -2.32. The molecule has 0 fully saturated rings. The maximum atomic E-state index is 11.9. The third kappa shape index (κ3) is 6.75. The zero-order valence-corrected chi connectivity index (χ0v) is 15.3. The normalized spacial score (nSPS) is 10.4. The van der Waals surface area contributed by atoms with Crippen molar-refractivity contribution in [1.82, 2.24) is 5.32 Å². The van der Waals surface area contributed by atoms with E-state index in [1.165, 1.54) is 0 Å². The van der Waals surface area contributed by atoms with Gasteiger partial charge in [0, 0.05) is 5.69 Å². The SMILES string of the molecule is Cc1cc(C)cc(OCCNC(=O)Nc2ccc(OC(C)C)cc2)c1. The fraction of sp³-hybridized carbons (Fsp3) is 0.350. The van der Waals surface area contributed by atoms with Crippen LogP contribution in [0.3, 0.4) is 0 Å². The number of aryl methyl sites for hydroxylation is 2. The largest absolute Gasteiger partial charge is 0.492 e. The molecule has 0 bridgehead atoms. The van der Waals surface area contributed by atoms with Crippen LogP contribution in [-0.4, -0.2) is 25.3 Å². The first-order chi connectivity index (χ1) is 11.9. The predicted molar refractivity (Wildman–Crippen MR) is 101 cm³/mol. The van der Waals surface area contributed by atoms with Gasteiger partial charge in [0.25, 0.3) is 0 Å². The first-order valence-electron chi connectivity index (χ1n) is 8.45. The first-order valence-corrected chi connectivity index (χ1v) is 8.45. The molecule has 2 amide bonds. The fourth-order valence-corrected chi connectivity index (χ4v) is 2.41. The average Bonchev–Trinajstić information content (AvgIpc) is 2.52. The number of carbonyl (C=O) groups is 1. The summed E-state index contributed by atoms with van der Waals surface area (Å²) in [6, 6.07) is 13.1. The van der Waals surface area contributed by atoms with Crippen LogP contribution in [0.1, 0.15) is 25.0 Å². The van der Waals surface area contributed by atoms with Crippen LogP contribution in [0.2, 0.25) is 0 Å². The van der Waals surface area contributed by atoms with Gasteiger partial charge in [0.05, 0.1) is 12.6 Å². The summed E-state index contributed by atoms with van der Waals surface area (Å²) in [5, 5.41) is 5.55. The first kappa shape index (κ1) is 18.6. The van der Waals surface area contributed by atoms with Crippen LogP contribution in [0.4, 0.5) is 10.5 Å². The summed E-state index contributed by atoms with van der Waals surface area (Å²) in [5.41, 5.74) is 3.03. The molecule has 0 spiro atoms. The van der Waals surface area contributed by atoms with Gasteiger partial charge in [-0.05, 0) is 75.2 Å². The predicted octanol–water partition coefficient (Wildman–Crippen LogP) is 4.29. The minimum atomic E-state index is -0.262. The number of amides is 2. The van der Waals surface area contributed by atoms with Gasteiger partial charge in [-0.25, -0.2) is 4.79 Å². The van der Waals surface area contributed by atoms with E-state index in [4.69, 9.17) is 9.47 Å². The summed E-state index contributed by atoms with van der Waals surface area (Å²) in [6.45, 7) is 8.84. The minimum absolute atomic E-state index is 0.124. The Balaban J connectivity index is 1.71. The van der Waals surface area contributed by atoms with Crippen LogP contribution in [0.15, 0.2) is 42.5 Å². The number of benzene rings is 2. The van der Waals surface area contributed by atoms with Crippen LogP contribution in [0.25, 0.3) is 0 Å². The van der Waals surface area contributed by atoms with E-state index in [0.717, 1.165) is 22.6 Å². The number of nitrogens with one attached hydrogen (secondary N) is 2.